The van der Waals surface area contributed by atoms with E-state index in [9.17, 15) is 0 Å². The van der Waals surface area contributed by atoms with Gasteiger partial charge in [-0.25, -0.2) is 0 Å². The van der Waals surface area contributed by atoms with Crippen LogP contribution in [0.5, 0.6) is 5.75 Å². The van der Waals surface area contributed by atoms with Gasteiger partial charge < -0.3 is 10.5 Å². The summed E-state index contributed by atoms with van der Waals surface area (Å²) >= 11 is 1.75. The molecule has 2 rings (SSSR count). The van der Waals surface area contributed by atoms with Crippen LogP contribution in [0.1, 0.15) is 29.9 Å². The van der Waals surface area contributed by atoms with E-state index < -0.39 is 0 Å². The van der Waals surface area contributed by atoms with E-state index in [1.807, 2.05) is 36.9 Å². The first-order valence-electron chi connectivity index (χ1n) is 7.12. The fraction of sp³-hybridized carbons (Fsp3) is 0.438. The molecule has 0 aliphatic heterocycles. The lowest BCUT2D eigenvalue weighted by atomic mass is 10.0. The molecule has 4 nitrogen and oxygen atoms in total. The molecule has 0 radical (unpaired) electrons. The summed E-state index contributed by atoms with van der Waals surface area (Å²) in [6.45, 7) is 4.12. The first-order chi connectivity index (χ1) is 10.1. The molecule has 2 aromatic rings. The van der Waals surface area contributed by atoms with Gasteiger partial charge in [0.25, 0.3) is 0 Å². The number of rotatable bonds is 6. The number of ether oxygens (including phenoxy) is 1. The van der Waals surface area contributed by atoms with E-state index in [1.165, 1.54) is 0 Å². The number of methoxy groups -OCH3 is 1. The summed E-state index contributed by atoms with van der Waals surface area (Å²) < 4.78 is 7.41. The number of hydrogen-bond donors (Lipinski definition) is 1. The third-order valence-corrected chi connectivity index (χ3v) is 4.99. The number of aromatic nitrogens is 2. The second kappa shape index (κ2) is 7.00. The summed E-state index contributed by atoms with van der Waals surface area (Å²) in [5.74, 6) is 0.887. The normalized spacial score (nSPS) is 14.0. The molecule has 5 heteroatoms. The molecule has 0 aliphatic carbocycles. The molecule has 114 valence electrons. The first-order valence-corrected chi connectivity index (χ1v) is 8.00. The Kier molecular flexibility index (Phi) is 5.31. The average molecular weight is 305 g/mol. The molecule has 1 heterocycles. The molecule has 2 unspecified atom stereocenters. The van der Waals surface area contributed by atoms with Gasteiger partial charge in [-0.3, -0.25) is 4.68 Å². The molecule has 2 atom stereocenters. The van der Waals surface area contributed by atoms with Crippen LogP contribution in [-0.4, -0.2) is 22.9 Å². The monoisotopic (exact) mass is 305 g/mol. The van der Waals surface area contributed by atoms with Crippen LogP contribution in [0.15, 0.2) is 35.4 Å². The zero-order valence-electron chi connectivity index (χ0n) is 13.0. The highest BCUT2D eigenvalue weighted by molar-refractivity contribution is 7.99. The molecule has 0 saturated heterocycles. The van der Waals surface area contributed by atoms with Gasteiger partial charge in [0.05, 0.1) is 23.1 Å². The van der Waals surface area contributed by atoms with Crippen molar-refractivity contribution in [3.8, 4) is 5.75 Å². The number of thioether (sulfide) groups is 1. The zero-order valence-corrected chi connectivity index (χ0v) is 13.9. The van der Waals surface area contributed by atoms with Gasteiger partial charge in [0.15, 0.2) is 0 Å². The second-order valence-corrected chi connectivity index (χ2v) is 6.26. The van der Waals surface area contributed by atoms with Gasteiger partial charge in [-0.15, -0.1) is 0 Å². The molecule has 0 amide bonds. The molecule has 1 aromatic carbocycles. The average Bonchev–Trinajstić information content (AvgIpc) is 2.81. The molecule has 0 aliphatic rings. The SMILES string of the molecule is CCC(N)C(Sc1cc(C)nn1C)c1ccccc1OC. The number of para-hydroxylation sites is 1. The van der Waals surface area contributed by atoms with Crippen molar-refractivity contribution in [1.82, 2.24) is 9.78 Å². The lowest BCUT2D eigenvalue weighted by Crippen LogP contribution is -2.26. The Morgan fingerprint density at radius 2 is 2.10 bits per heavy atom. The molecular formula is C16H23N3OS. The highest BCUT2D eigenvalue weighted by Crippen LogP contribution is 2.41. The summed E-state index contributed by atoms with van der Waals surface area (Å²) in [7, 11) is 3.67. The van der Waals surface area contributed by atoms with Gasteiger partial charge in [-0.2, -0.15) is 5.10 Å². The van der Waals surface area contributed by atoms with E-state index in [1.54, 1.807) is 18.9 Å². The van der Waals surface area contributed by atoms with E-state index in [0.717, 1.165) is 28.5 Å². The van der Waals surface area contributed by atoms with Crippen LogP contribution >= 0.6 is 11.8 Å². The smallest absolute Gasteiger partial charge is 0.123 e. The maximum Gasteiger partial charge on any atom is 0.123 e. The van der Waals surface area contributed by atoms with Crippen LogP contribution in [0.3, 0.4) is 0 Å². The van der Waals surface area contributed by atoms with E-state index in [-0.39, 0.29) is 11.3 Å². The number of aryl methyl sites for hydroxylation is 2. The van der Waals surface area contributed by atoms with E-state index in [4.69, 9.17) is 10.5 Å². The van der Waals surface area contributed by atoms with Crippen LogP contribution in [0.4, 0.5) is 0 Å². The number of benzene rings is 1. The highest BCUT2D eigenvalue weighted by Gasteiger charge is 2.24. The van der Waals surface area contributed by atoms with Gasteiger partial charge in [0.1, 0.15) is 5.75 Å². The fourth-order valence-electron chi connectivity index (χ4n) is 2.32. The van der Waals surface area contributed by atoms with Gasteiger partial charge in [0.2, 0.25) is 0 Å². The standard InChI is InChI=1S/C16H23N3OS/c1-5-13(17)16(12-8-6-7-9-14(12)20-4)21-15-10-11(2)18-19(15)3/h6-10,13,16H,5,17H2,1-4H3. The minimum absolute atomic E-state index is 0.0570. The third kappa shape index (κ3) is 3.60. The summed E-state index contributed by atoms with van der Waals surface area (Å²) in [6, 6.07) is 10.2. The Balaban J connectivity index is 2.37. The lowest BCUT2D eigenvalue weighted by molar-refractivity contribution is 0.407. The van der Waals surface area contributed by atoms with E-state index >= 15 is 0 Å². The van der Waals surface area contributed by atoms with Crippen molar-refractivity contribution in [2.45, 2.75) is 36.6 Å². The van der Waals surface area contributed by atoms with Crippen molar-refractivity contribution < 1.29 is 4.74 Å². The topological polar surface area (TPSA) is 53.1 Å². The van der Waals surface area contributed by atoms with Crippen LogP contribution < -0.4 is 10.5 Å². The fourth-order valence-corrected chi connectivity index (χ4v) is 3.71. The summed E-state index contributed by atoms with van der Waals surface area (Å²) in [6.07, 6.45) is 0.909. The molecule has 0 spiro atoms. The van der Waals surface area contributed by atoms with Gasteiger partial charge in [-0.1, -0.05) is 36.9 Å². The summed E-state index contributed by atoms with van der Waals surface area (Å²) in [5.41, 5.74) is 8.53. The van der Waals surface area contributed by atoms with Gasteiger partial charge in [0, 0.05) is 18.7 Å². The maximum atomic E-state index is 6.37. The van der Waals surface area contributed by atoms with Crippen LogP contribution in [0.25, 0.3) is 0 Å². The quantitative estimate of drug-likeness (QED) is 0.832. The van der Waals surface area contributed by atoms with Gasteiger partial charge in [-0.05, 0) is 25.5 Å². The highest BCUT2D eigenvalue weighted by atomic mass is 32.2. The second-order valence-electron chi connectivity index (χ2n) is 5.10. The Bertz CT molecular complexity index is 597. The Morgan fingerprint density at radius 1 is 1.38 bits per heavy atom. The zero-order chi connectivity index (χ0) is 15.4. The lowest BCUT2D eigenvalue weighted by Gasteiger charge is -2.24. The molecule has 2 N–H and O–H groups in total. The first kappa shape index (κ1) is 15.9. The molecule has 0 fully saturated rings. The third-order valence-electron chi connectivity index (χ3n) is 3.51. The predicted molar refractivity (Wildman–Crippen MR) is 87.8 cm³/mol. The number of nitrogens with two attached hydrogens (primary N) is 1. The minimum Gasteiger partial charge on any atom is -0.496 e. The Hall–Kier alpha value is -1.46. The van der Waals surface area contributed by atoms with Crippen molar-refractivity contribution in [2.75, 3.05) is 7.11 Å². The predicted octanol–water partition coefficient (Wildman–Crippen LogP) is 3.31. The van der Waals surface area contributed by atoms with E-state index in [0.29, 0.717) is 0 Å². The molecule has 0 bridgehead atoms. The molecule has 21 heavy (non-hydrogen) atoms. The van der Waals surface area contributed by atoms with Crippen molar-refractivity contribution in [3.63, 3.8) is 0 Å². The molecule has 1 aromatic heterocycles. The maximum absolute atomic E-state index is 6.37. The summed E-state index contributed by atoms with van der Waals surface area (Å²) in [5, 5.41) is 5.67. The van der Waals surface area contributed by atoms with E-state index in [2.05, 4.69) is 24.2 Å². The largest absolute Gasteiger partial charge is 0.496 e. The van der Waals surface area contributed by atoms with Crippen molar-refractivity contribution in [1.29, 1.82) is 0 Å². The number of nitrogens with zero attached hydrogens (tertiary/aromatic N) is 2. The Labute approximate surface area is 130 Å². The summed E-state index contributed by atoms with van der Waals surface area (Å²) in [4.78, 5) is 0. The van der Waals surface area contributed by atoms with Crippen LogP contribution in [-0.2, 0) is 7.05 Å². The molecule has 0 saturated carbocycles. The minimum atomic E-state index is 0.0570. The van der Waals surface area contributed by atoms with Crippen LogP contribution in [0.2, 0.25) is 0 Å². The molecular weight excluding hydrogens is 282 g/mol. The number of hydrogen-bond acceptors (Lipinski definition) is 4. The Morgan fingerprint density at radius 3 is 2.67 bits per heavy atom. The van der Waals surface area contributed by atoms with Crippen molar-refractivity contribution >= 4 is 11.8 Å². The van der Waals surface area contributed by atoms with Crippen LogP contribution in [0, 0.1) is 6.92 Å². The van der Waals surface area contributed by atoms with Crippen molar-refractivity contribution in [3.05, 3.63) is 41.6 Å². The van der Waals surface area contributed by atoms with Crippen molar-refractivity contribution in [2.24, 2.45) is 12.8 Å². The van der Waals surface area contributed by atoms with Gasteiger partial charge >= 0.3 is 0 Å².